The number of hydrogen-bond donors (Lipinski definition) is 1. The quantitative estimate of drug-likeness (QED) is 0.895. The number of rotatable bonds is 5. The smallest absolute Gasteiger partial charge is 0.223 e. The second-order valence-corrected chi connectivity index (χ2v) is 5.75. The van der Waals surface area contributed by atoms with E-state index in [2.05, 4.69) is 26.2 Å². The number of nitrogens with zero attached hydrogens (tertiary/aromatic N) is 1. The minimum absolute atomic E-state index is 0.322. The molecule has 1 aliphatic rings. The minimum atomic E-state index is -0.322. The molecule has 0 amide bonds. The van der Waals surface area contributed by atoms with E-state index in [1.165, 1.54) is 25.0 Å². The van der Waals surface area contributed by atoms with Crippen molar-refractivity contribution < 1.29 is 9.13 Å². The zero-order valence-corrected chi connectivity index (χ0v) is 12.4. The molecule has 104 valence electrons. The number of hydrogen-bond acceptors (Lipinski definition) is 3. The lowest BCUT2D eigenvalue weighted by Crippen LogP contribution is -2.16. The third kappa shape index (κ3) is 3.55. The van der Waals surface area contributed by atoms with Crippen LogP contribution >= 0.6 is 15.9 Å². The van der Waals surface area contributed by atoms with Crippen LogP contribution in [0.3, 0.4) is 0 Å². The Morgan fingerprint density at radius 2 is 2.20 bits per heavy atom. The highest BCUT2D eigenvalue weighted by Crippen LogP contribution is 2.27. The highest BCUT2D eigenvalue weighted by Gasteiger charge is 2.21. The molecule has 0 radical (unpaired) electrons. The standard InChI is InChI=1S/C15H14BrFN2O/c16-11-6-10(8-18-13-4-5-13)15(19-9-11)20-14-3-1-2-12(17)7-14/h1-3,6-7,9,13,18H,4-5,8H2. The molecule has 0 unspecified atom stereocenters. The van der Waals surface area contributed by atoms with Gasteiger partial charge in [-0.3, -0.25) is 0 Å². The van der Waals surface area contributed by atoms with E-state index in [0.29, 0.717) is 24.2 Å². The summed E-state index contributed by atoms with van der Waals surface area (Å²) in [5, 5.41) is 3.42. The van der Waals surface area contributed by atoms with Gasteiger partial charge >= 0.3 is 0 Å². The summed E-state index contributed by atoms with van der Waals surface area (Å²) < 4.78 is 19.8. The van der Waals surface area contributed by atoms with E-state index >= 15 is 0 Å². The van der Waals surface area contributed by atoms with Crippen LogP contribution in [0.4, 0.5) is 4.39 Å². The number of halogens is 2. The predicted octanol–water partition coefficient (Wildman–Crippen LogP) is 4.03. The molecule has 0 spiro atoms. The number of benzene rings is 1. The normalized spacial score (nSPS) is 14.3. The van der Waals surface area contributed by atoms with Crippen molar-refractivity contribution in [3.05, 3.63) is 52.4 Å². The number of pyridine rings is 1. The van der Waals surface area contributed by atoms with Gasteiger partial charge in [0.25, 0.3) is 0 Å². The molecule has 0 atom stereocenters. The fraction of sp³-hybridized carbons (Fsp3) is 0.267. The summed E-state index contributed by atoms with van der Waals surface area (Å²) in [4.78, 5) is 4.27. The first-order valence-electron chi connectivity index (χ1n) is 6.52. The predicted molar refractivity (Wildman–Crippen MR) is 78.3 cm³/mol. The maximum Gasteiger partial charge on any atom is 0.223 e. The van der Waals surface area contributed by atoms with Gasteiger partial charge in [0.05, 0.1) is 0 Å². The molecule has 2 aromatic rings. The summed E-state index contributed by atoms with van der Waals surface area (Å²) >= 11 is 3.41. The lowest BCUT2D eigenvalue weighted by atomic mass is 10.2. The van der Waals surface area contributed by atoms with Crippen molar-refractivity contribution in [1.82, 2.24) is 10.3 Å². The van der Waals surface area contributed by atoms with E-state index < -0.39 is 0 Å². The molecule has 20 heavy (non-hydrogen) atoms. The van der Waals surface area contributed by atoms with Crippen LogP contribution in [0.15, 0.2) is 41.0 Å². The Labute approximate surface area is 125 Å². The van der Waals surface area contributed by atoms with Crippen molar-refractivity contribution in [2.45, 2.75) is 25.4 Å². The highest BCUT2D eigenvalue weighted by molar-refractivity contribution is 9.10. The minimum Gasteiger partial charge on any atom is -0.439 e. The molecule has 5 heteroatoms. The van der Waals surface area contributed by atoms with Crippen LogP contribution < -0.4 is 10.1 Å². The highest BCUT2D eigenvalue weighted by atomic mass is 79.9. The lowest BCUT2D eigenvalue weighted by Gasteiger charge is -2.11. The van der Waals surface area contributed by atoms with Gasteiger partial charge in [0, 0.05) is 34.9 Å². The number of aromatic nitrogens is 1. The van der Waals surface area contributed by atoms with E-state index in [1.54, 1.807) is 18.3 Å². The zero-order chi connectivity index (χ0) is 13.9. The average Bonchev–Trinajstić information content (AvgIpc) is 3.23. The summed E-state index contributed by atoms with van der Waals surface area (Å²) in [6.45, 7) is 0.696. The van der Waals surface area contributed by atoms with Crippen molar-refractivity contribution in [3.63, 3.8) is 0 Å². The Morgan fingerprint density at radius 1 is 1.35 bits per heavy atom. The molecule has 1 aromatic carbocycles. The Morgan fingerprint density at radius 3 is 2.95 bits per heavy atom. The van der Waals surface area contributed by atoms with E-state index in [0.717, 1.165) is 10.0 Å². The zero-order valence-electron chi connectivity index (χ0n) is 10.8. The second kappa shape index (κ2) is 5.89. The maximum absolute atomic E-state index is 13.2. The van der Waals surface area contributed by atoms with Crippen molar-refractivity contribution in [2.24, 2.45) is 0 Å². The van der Waals surface area contributed by atoms with E-state index in [9.17, 15) is 4.39 Å². The van der Waals surface area contributed by atoms with Crippen LogP contribution in [0, 0.1) is 5.82 Å². The van der Waals surface area contributed by atoms with Gasteiger partial charge in [-0.2, -0.15) is 0 Å². The Hall–Kier alpha value is -1.46. The molecular formula is C15H14BrFN2O. The first kappa shape index (κ1) is 13.5. The van der Waals surface area contributed by atoms with Crippen molar-refractivity contribution in [1.29, 1.82) is 0 Å². The van der Waals surface area contributed by atoms with E-state index in [1.807, 2.05) is 6.07 Å². The number of nitrogens with one attached hydrogen (secondary N) is 1. The first-order valence-corrected chi connectivity index (χ1v) is 7.31. The largest absolute Gasteiger partial charge is 0.439 e. The summed E-state index contributed by atoms with van der Waals surface area (Å²) in [5.74, 6) is 0.636. The maximum atomic E-state index is 13.2. The van der Waals surface area contributed by atoms with Crippen LogP contribution in [0.25, 0.3) is 0 Å². The van der Waals surface area contributed by atoms with E-state index in [-0.39, 0.29) is 5.82 Å². The molecule has 1 aliphatic carbocycles. The number of ether oxygens (including phenoxy) is 1. The Kier molecular flexibility index (Phi) is 3.98. The molecule has 1 fully saturated rings. The van der Waals surface area contributed by atoms with Gasteiger partial charge < -0.3 is 10.1 Å². The van der Waals surface area contributed by atoms with Crippen molar-refractivity contribution in [2.75, 3.05) is 0 Å². The topological polar surface area (TPSA) is 34.1 Å². The van der Waals surface area contributed by atoms with Crippen LogP contribution in [0.5, 0.6) is 11.6 Å². The molecular weight excluding hydrogens is 323 g/mol. The molecule has 1 N–H and O–H groups in total. The third-order valence-corrected chi connectivity index (χ3v) is 3.49. The van der Waals surface area contributed by atoms with Gasteiger partial charge in [-0.15, -0.1) is 0 Å². The first-order chi connectivity index (χ1) is 9.70. The van der Waals surface area contributed by atoms with Gasteiger partial charge in [0.15, 0.2) is 0 Å². The van der Waals surface area contributed by atoms with E-state index in [4.69, 9.17) is 4.74 Å². The van der Waals surface area contributed by atoms with Gasteiger partial charge in [0.2, 0.25) is 5.88 Å². The van der Waals surface area contributed by atoms with Crippen molar-refractivity contribution in [3.8, 4) is 11.6 Å². The van der Waals surface area contributed by atoms with Gasteiger partial charge in [0.1, 0.15) is 11.6 Å². The van der Waals surface area contributed by atoms with Gasteiger partial charge in [-0.05, 0) is 47.0 Å². The SMILES string of the molecule is Fc1cccc(Oc2ncc(Br)cc2CNC2CC2)c1. The average molecular weight is 337 g/mol. The van der Waals surface area contributed by atoms with Crippen LogP contribution in [0.1, 0.15) is 18.4 Å². The van der Waals surface area contributed by atoms with Crippen LogP contribution in [0.2, 0.25) is 0 Å². The monoisotopic (exact) mass is 336 g/mol. The molecule has 0 saturated heterocycles. The Balaban J connectivity index is 1.79. The van der Waals surface area contributed by atoms with Gasteiger partial charge in [-0.1, -0.05) is 6.07 Å². The van der Waals surface area contributed by atoms with Crippen molar-refractivity contribution >= 4 is 15.9 Å². The van der Waals surface area contributed by atoms with Crippen LogP contribution in [-0.4, -0.2) is 11.0 Å². The Bertz CT molecular complexity index is 617. The summed E-state index contributed by atoms with van der Waals surface area (Å²) in [6.07, 6.45) is 4.12. The van der Waals surface area contributed by atoms with Gasteiger partial charge in [-0.25, -0.2) is 9.37 Å². The van der Waals surface area contributed by atoms with Crippen LogP contribution in [-0.2, 0) is 6.54 Å². The molecule has 3 nitrogen and oxygen atoms in total. The fourth-order valence-corrected chi connectivity index (χ4v) is 2.25. The molecule has 0 aliphatic heterocycles. The third-order valence-electron chi connectivity index (χ3n) is 3.06. The molecule has 1 heterocycles. The molecule has 3 rings (SSSR count). The molecule has 0 bridgehead atoms. The summed E-state index contributed by atoms with van der Waals surface area (Å²) in [5.41, 5.74) is 0.954. The lowest BCUT2D eigenvalue weighted by molar-refractivity contribution is 0.448. The molecule has 1 aromatic heterocycles. The fourth-order valence-electron chi connectivity index (χ4n) is 1.87. The molecule has 1 saturated carbocycles. The second-order valence-electron chi connectivity index (χ2n) is 4.83. The summed E-state index contributed by atoms with van der Waals surface area (Å²) in [7, 11) is 0. The summed E-state index contributed by atoms with van der Waals surface area (Å²) in [6, 6.07) is 8.64.